The predicted molar refractivity (Wildman–Crippen MR) is 101 cm³/mol. The minimum absolute atomic E-state index is 0.139. The van der Waals surface area contributed by atoms with E-state index in [-0.39, 0.29) is 19.2 Å². The lowest BCUT2D eigenvalue weighted by atomic mass is 10.0. The zero-order valence-electron chi connectivity index (χ0n) is 14.1. The summed E-state index contributed by atoms with van der Waals surface area (Å²) in [7, 11) is -1.77. The van der Waals surface area contributed by atoms with Crippen LogP contribution in [0.2, 0.25) is 0 Å². The summed E-state index contributed by atoms with van der Waals surface area (Å²) in [5.41, 5.74) is 2.99. The highest BCUT2D eigenvalue weighted by molar-refractivity contribution is 9.10. The van der Waals surface area contributed by atoms with Gasteiger partial charge in [0.15, 0.2) is 0 Å². The van der Waals surface area contributed by atoms with Gasteiger partial charge in [0, 0.05) is 18.1 Å². The largest absolute Gasteiger partial charge is 0.297 e. The van der Waals surface area contributed by atoms with Crippen molar-refractivity contribution in [2.45, 2.75) is 24.8 Å². The number of rotatable bonds is 5. The average Bonchev–Trinajstić information content (AvgIpc) is 2.98. The van der Waals surface area contributed by atoms with Gasteiger partial charge < -0.3 is 0 Å². The zero-order valence-corrected chi connectivity index (χ0v) is 16.5. The molecule has 2 aromatic carbocycles. The third-order valence-electron chi connectivity index (χ3n) is 4.39. The molecule has 0 amide bonds. The Kier molecular flexibility index (Phi) is 5.60. The van der Waals surface area contributed by atoms with E-state index in [0.29, 0.717) is 0 Å². The quantitative estimate of drug-likeness (QED) is 0.800. The number of hydrogen-bond acceptors (Lipinski definition) is 4. The minimum atomic E-state index is -3.54. The third-order valence-corrected chi connectivity index (χ3v) is 6.66. The number of nitrogens with one attached hydrogen (secondary N) is 1. The van der Waals surface area contributed by atoms with Crippen molar-refractivity contribution in [3.05, 3.63) is 69.7 Å². The summed E-state index contributed by atoms with van der Waals surface area (Å²) in [4.78, 5) is 5.52. The Labute approximate surface area is 157 Å². The van der Waals surface area contributed by atoms with Crippen LogP contribution in [0, 0.1) is 6.92 Å². The molecule has 0 saturated carbocycles. The predicted octanol–water partition coefficient (Wildman–Crippen LogP) is 3.16. The van der Waals surface area contributed by atoms with E-state index in [1.165, 1.54) is 0 Å². The van der Waals surface area contributed by atoms with Crippen LogP contribution in [0.4, 0.5) is 0 Å². The number of hydroxylamine groups is 2. The topological polar surface area (TPSA) is 58.6 Å². The monoisotopic (exact) mass is 424 g/mol. The maximum absolute atomic E-state index is 12.8. The molecule has 0 aliphatic carbocycles. The molecule has 0 unspecified atom stereocenters. The molecule has 1 N–H and O–H groups in total. The van der Waals surface area contributed by atoms with Gasteiger partial charge in [-0.25, -0.2) is 13.1 Å². The van der Waals surface area contributed by atoms with Crippen LogP contribution in [0.1, 0.15) is 22.7 Å². The van der Waals surface area contributed by atoms with Crippen molar-refractivity contribution in [1.29, 1.82) is 0 Å². The van der Waals surface area contributed by atoms with Crippen LogP contribution in [0.5, 0.6) is 0 Å². The van der Waals surface area contributed by atoms with Gasteiger partial charge in [-0.3, -0.25) is 4.84 Å². The standard InChI is InChI=1S/C18H21BrN2O3S/c1-13-3-5-14(6-4-13)11-20-25(22,23)17-12-24-21(2)18(17)15-7-9-16(19)10-8-15/h3-10,17-18,20H,11-12H2,1-2H3/t17-,18+/m0/s1. The maximum Gasteiger partial charge on any atom is 0.219 e. The van der Waals surface area contributed by atoms with Gasteiger partial charge >= 0.3 is 0 Å². The first-order chi connectivity index (χ1) is 11.9. The van der Waals surface area contributed by atoms with Crippen LogP contribution in [0.25, 0.3) is 0 Å². The average molecular weight is 425 g/mol. The van der Waals surface area contributed by atoms with Gasteiger partial charge in [-0.15, -0.1) is 0 Å². The molecule has 3 rings (SSSR count). The number of nitrogens with zero attached hydrogens (tertiary/aromatic N) is 1. The van der Waals surface area contributed by atoms with Crippen LogP contribution in [0.15, 0.2) is 53.0 Å². The van der Waals surface area contributed by atoms with Crippen molar-refractivity contribution in [3.63, 3.8) is 0 Å². The highest BCUT2D eigenvalue weighted by atomic mass is 79.9. The normalized spacial score (nSPS) is 21.6. The summed E-state index contributed by atoms with van der Waals surface area (Å²) < 4.78 is 29.4. The number of aryl methyl sites for hydroxylation is 1. The summed E-state index contributed by atoms with van der Waals surface area (Å²) >= 11 is 3.40. The van der Waals surface area contributed by atoms with Crippen LogP contribution >= 0.6 is 15.9 Å². The number of sulfonamides is 1. The highest BCUT2D eigenvalue weighted by Gasteiger charge is 2.42. The van der Waals surface area contributed by atoms with Crippen LogP contribution < -0.4 is 4.72 Å². The second kappa shape index (κ2) is 7.55. The SMILES string of the molecule is Cc1ccc(CNS(=O)(=O)[C@H]2CON(C)[C@@H]2c2ccc(Br)cc2)cc1. The first-order valence-electron chi connectivity index (χ1n) is 8.02. The molecule has 0 spiro atoms. The maximum atomic E-state index is 12.8. The lowest BCUT2D eigenvalue weighted by Crippen LogP contribution is -2.39. The van der Waals surface area contributed by atoms with Gasteiger partial charge in [-0.05, 0) is 30.2 Å². The Morgan fingerprint density at radius 3 is 2.44 bits per heavy atom. The fourth-order valence-electron chi connectivity index (χ4n) is 2.94. The zero-order chi connectivity index (χ0) is 18.0. The molecule has 7 heteroatoms. The molecule has 5 nitrogen and oxygen atoms in total. The van der Waals surface area contributed by atoms with Gasteiger partial charge in [0.25, 0.3) is 0 Å². The third kappa shape index (κ3) is 4.30. The van der Waals surface area contributed by atoms with E-state index in [4.69, 9.17) is 4.84 Å². The van der Waals surface area contributed by atoms with Gasteiger partial charge in [0.2, 0.25) is 10.0 Å². The molecule has 134 valence electrons. The van der Waals surface area contributed by atoms with E-state index in [0.717, 1.165) is 21.2 Å². The van der Waals surface area contributed by atoms with Crippen LogP contribution in [0.3, 0.4) is 0 Å². The molecule has 1 aliphatic rings. The Hall–Kier alpha value is -1.25. The molecule has 1 fully saturated rings. The lowest BCUT2D eigenvalue weighted by molar-refractivity contribution is -0.110. The minimum Gasteiger partial charge on any atom is -0.297 e. The first kappa shape index (κ1) is 18.5. The van der Waals surface area contributed by atoms with Crippen LogP contribution in [-0.4, -0.2) is 32.4 Å². The van der Waals surface area contributed by atoms with Crippen LogP contribution in [-0.2, 0) is 21.4 Å². The van der Waals surface area contributed by atoms with Gasteiger partial charge in [-0.1, -0.05) is 57.9 Å². The highest BCUT2D eigenvalue weighted by Crippen LogP contribution is 2.33. The van der Waals surface area contributed by atoms with E-state index < -0.39 is 15.3 Å². The van der Waals surface area contributed by atoms with Crippen molar-refractivity contribution in [3.8, 4) is 0 Å². The lowest BCUT2D eigenvalue weighted by Gasteiger charge is -2.23. The van der Waals surface area contributed by atoms with Crippen molar-refractivity contribution in [2.75, 3.05) is 13.7 Å². The van der Waals surface area contributed by atoms with Crippen molar-refractivity contribution >= 4 is 26.0 Å². The molecule has 1 heterocycles. The van der Waals surface area contributed by atoms with E-state index in [9.17, 15) is 8.42 Å². The van der Waals surface area contributed by atoms with E-state index in [2.05, 4.69) is 20.7 Å². The summed E-state index contributed by atoms with van der Waals surface area (Å²) in [5.74, 6) is 0. The van der Waals surface area contributed by atoms with Gasteiger partial charge in [0.1, 0.15) is 5.25 Å². The molecule has 1 saturated heterocycles. The first-order valence-corrected chi connectivity index (χ1v) is 10.4. The summed E-state index contributed by atoms with van der Waals surface area (Å²) in [6, 6.07) is 15.1. The van der Waals surface area contributed by atoms with E-state index in [1.54, 1.807) is 12.1 Å². The number of hydrogen-bond donors (Lipinski definition) is 1. The number of benzene rings is 2. The molecule has 25 heavy (non-hydrogen) atoms. The van der Waals surface area contributed by atoms with Gasteiger partial charge in [0.05, 0.1) is 12.6 Å². The Morgan fingerprint density at radius 2 is 1.80 bits per heavy atom. The van der Waals surface area contributed by atoms with Crippen molar-refractivity contribution in [1.82, 2.24) is 9.79 Å². The Morgan fingerprint density at radius 1 is 1.16 bits per heavy atom. The molecule has 2 atom stereocenters. The smallest absolute Gasteiger partial charge is 0.219 e. The molecular weight excluding hydrogens is 404 g/mol. The van der Waals surface area contributed by atoms with Crippen molar-refractivity contribution < 1.29 is 13.3 Å². The molecule has 0 aromatic heterocycles. The summed E-state index contributed by atoms with van der Waals surface area (Å²) in [5, 5.41) is 0.961. The fourth-order valence-corrected chi connectivity index (χ4v) is 4.69. The number of halogens is 1. The molecule has 0 radical (unpaired) electrons. The fraction of sp³-hybridized carbons (Fsp3) is 0.333. The van der Waals surface area contributed by atoms with E-state index >= 15 is 0 Å². The Bertz CT molecular complexity index is 822. The molecule has 0 bridgehead atoms. The molecular formula is C18H21BrN2O3S. The second-order valence-corrected chi connectivity index (χ2v) is 9.13. The summed E-state index contributed by atoms with van der Waals surface area (Å²) in [6.07, 6.45) is 0. The molecule has 1 aliphatic heterocycles. The molecule has 2 aromatic rings. The van der Waals surface area contributed by atoms with Gasteiger partial charge in [-0.2, -0.15) is 5.06 Å². The van der Waals surface area contributed by atoms with Crippen molar-refractivity contribution in [2.24, 2.45) is 0 Å². The Balaban J connectivity index is 1.77. The summed E-state index contributed by atoms with van der Waals surface area (Å²) in [6.45, 7) is 2.42. The van der Waals surface area contributed by atoms with E-state index in [1.807, 2.05) is 55.5 Å². The second-order valence-electron chi connectivity index (χ2n) is 6.23.